The fourth-order valence-corrected chi connectivity index (χ4v) is 8.15. The van der Waals surface area contributed by atoms with Gasteiger partial charge in [-0.1, -0.05) is 0 Å². The Morgan fingerprint density at radius 3 is 2.56 bits per heavy atom. The number of thiophene rings is 2. The van der Waals surface area contributed by atoms with Crippen LogP contribution in [0.15, 0.2) is 4.79 Å². The summed E-state index contributed by atoms with van der Waals surface area (Å²) < 4.78 is 1.59. The van der Waals surface area contributed by atoms with Gasteiger partial charge in [-0.05, 0) is 82.0 Å². The standard InChI is InChI=1S/C25H27N5O2S2/c26-12-17-15-7-5-9-18(15)33-23(17)28-21(31)14-30-20(13-29-10-3-4-11-29)27-24-22(25(30)32)16-6-1-2-8-19(16)34-24/h1-11,13-14H2,(H,28,31). The van der Waals surface area contributed by atoms with Gasteiger partial charge in [0.15, 0.2) is 0 Å². The molecule has 1 fully saturated rings. The minimum absolute atomic E-state index is 0.0804. The molecule has 1 aliphatic heterocycles. The van der Waals surface area contributed by atoms with Crippen molar-refractivity contribution >= 4 is 43.8 Å². The minimum atomic E-state index is -0.272. The van der Waals surface area contributed by atoms with Crippen LogP contribution in [0.25, 0.3) is 10.2 Å². The number of likely N-dealkylation sites (tertiary alicyclic amines) is 1. The molecular weight excluding hydrogens is 466 g/mol. The van der Waals surface area contributed by atoms with Gasteiger partial charge >= 0.3 is 0 Å². The zero-order chi connectivity index (χ0) is 23.2. The van der Waals surface area contributed by atoms with Crippen molar-refractivity contribution in [2.75, 3.05) is 18.4 Å². The summed E-state index contributed by atoms with van der Waals surface area (Å²) in [5.41, 5.74) is 2.73. The van der Waals surface area contributed by atoms with E-state index in [1.807, 2.05) is 0 Å². The summed E-state index contributed by atoms with van der Waals surface area (Å²) in [5.74, 6) is 0.397. The number of aryl methyl sites for hydroxylation is 3. The molecule has 176 valence electrons. The molecule has 1 N–H and O–H groups in total. The zero-order valence-electron chi connectivity index (χ0n) is 19.1. The molecule has 3 aromatic heterocycles. The molecule has 0 atom stereocenters. The number of aromatic nitrogens is 2. The lowest BCUT2D eigenvalue weighted by atomic mass is 9.97. The number of nitrogens with one attached hydrogen (secondary N) is 1. The van der Waals surface area contributed by atoms with Gasteiger partial charge in [-0.3, -0.25) is 19.1 Å². The highest BCUT2D eigenvalue weighted by Gasteiger charge is 2.26. The smallest absolute Gasteiger partial charge is 0.263 e. The Balaban J connectivity index is 1.36. The Kier molecular flexibility index (Phi) is 5.76. The highest BCUT2D eigenvalue weighted by atomic mass is 32.1. The summed E-state index contributed by atoms with van der Waals surface area (Å²) in [6.45, 7) is 2.49. The zero-order valence-corrected chi connectivity index (χ0v) is 20.7. The molecule has 34 heavy (non-hydrogen) atoms. The second-order valence-electron chi connectivity index (χ2n) is 9.52. The molecule has 1 amide bonds. The van der Waals surface area contributed by atoms with E-state index in [-0.39, 0.29) is 18.0 Å². The molecule has 7 nitrogen and oxygen atoms in total. The Labute approximate surface area is 206 Å². The molecule has 3 aromatic rings. The van der Waals surface area contributed by atoms with Crippen LogP contribution >= 0.6 is 22.7 Å². The normalized spacial score (nSPS) is 17.6. The summed E-state index contributed by atoms with van der Waals surface area (Å²) in [4.78, 5) is 37.5. The molecule has 1 saturated heterocycles. The van der Waals surface area contributed by atoms with Crippen LogP contribution in [0, 0.1) is 11.3 Å². The third-order valence-corrected chi connectivity index (χ3v) is 9.70. The van der Waals surface area contributed by atoms with E-state index >= 15 is 0 Å². The summed E-state index contributed by atoms with van der Waals surface area (Å²) in [7, 11) is 0. The van der Waals surface area contributed by atoms with Crippen molar-refractivity contribution in [3.63, 3.8) is 0 Å². The Bertz CT molecular complexity index is 1390. The molecule has 0 saturated carbocycles. The van der Waals surface area contributed by atoms with E-state index in [9.17, 15) is 14.9 Å². The Morgan fingerprint density at radius 1 is 1.00 bits per heavy atom. The van der Waals surface area contributed by atoms with Crippen molar-refractivity contribution in [3.8, 4) is 6.07 Å². The SMILES string of the molecule is N#Cc1c(NC(=O)Cn2c(CN3CCCC3)nc3sc4c(c3c2=O)CCCC4)sc2c1CCC2. The number of hydrogen-bond donors (Lipinski definition) is 1. The van der Waals surface area contributed by atoms with Crippen molar-refractivity contribution in [1.29, 1.82) is 5.26 Å². The van der Waals surface area contributed by atoms with Gasteiger partial charge in [-0.2, -0.15) is 5.26 Å². The number of amides is 1. The number of nitrogens with zero attached hydrogens (tertiary/aromatic N) is 4. The molecule has 9 heteroatoms. The first kappa shape index (κ1) is 22.0. The minimum Gasteiger partial charge on any atom is -0.315 e. The highest BCUT2D eigenvalue weighted by molar-refractivity contribution is 7.18. The Hall–Kier alpha value is -2.54. The molecule has 6 rings (SSSR count). The molecule has 0 unspecified atom stereocenters. The summed E-state index contributed by atoms with van der Waals surface area (Å²) in [6.07, 6.45) is 9.41. The number of carbonyl (C=O) groups is 1. The Morgan fingerprint density at radius 2 is 1.74 bits per heavy atom. The molecule has 0 radical (unpaired) electrons. The molecule has 4 heterocycles. The van der Waals surface area contributed by atoms with Gasteiger partial charge in [0, 0.05) is 9.75 Å². The second-order valence-corrected chi connectivity index (χ2v) is 11.7. The van der Waals surface area contributed by atoms with Crippen LogP contribution in [-0.4, -0.2) is 33.4 Å². The first-order chi connectivity index (χ1) is 16.6. The number of hydrogen-bond acceptors (Lipinski definition) is 7. The van der Waals surface area contributed by atoms with Gasteiger partial charge in [0.2, 0.25) is 5.91 Å². The second kappa shape index (κ2) is 8.91. The monoisotopic (exact) mass is 493 g/mol. The van der Waals surface area contributed by atoms with Crippen LogP contribution in [0.3, 0.4) is 0 Å². The predicted molar refractivity (Wildman–Crippen MR) is 135 cm³/mol. The number of rotatable bonds is 5. The maximum atomic E-state index is 13.8. The van der Waals surface area contributed by atoms with Crippen LogP contribution in [0.1, 0.15) is 64.4 Å². The summed E-state index contributed by atoms with van der Waals surface area (Å²) in [6, 6.07) is 2.28. The van der Waals surface area contributed by atoms with Crippen LogP contribution < -0.4 is 10.9 Å². The van der Waals surface area contributed by atoms with Gasteiger partial charge in [-0.15, -0.1) is 22.7 Å². The maximum absolute atomic E-state index is 13.8. The number of anilines is 1. The van der Waals surface area contributed by atoms with Gasteiger partial charge in [0.1, 0.15) is 28.3 Å². The quantitative estimate of drug-likeness (QED) is 0.580. The van der Waals surface area contributed by atoms with Crippen molar-refractivity contribution in [1.82, 2.24) is 14.5 Å². The average molecular weight is 494 g/mol. The first-order valence-electron chi connectivity index (χ1n) is 12.2. The van der Waals surface area contributed by atoms with Gasteiger partial charge in [0.25, 0.3) is 5.56 Å². The van der Waals surface area contributed by atoms with E-state index in [1.54, 1.807) is 15.9 Å². The van der Waals surface area contributed by atoms with Crippen molar-refractivity contribution in [3.05, 3.63) is 42.6 Å². The number of nitriles is 1. The summed E-state index contributed by atoms with van der Waals surface area (Å²) in [5, 5.41) is 13.9. The lowest BCUT2D eigenvalue weighted by Gasteiger charge is -2.18. The highest BCUT2D eigenvalue weighted by Crippen LogP contribution is 2.38. The molecule has 3 aliphatic rings. The van der Waals surface area contributed by atoms with E-state index in [0.29, 0.717) is 28.3 Å². The average Bonchev–Trinajstić information content (AvgIpc) is 3.60. The lowest BCUT2D eigenvalue weighted by molar-refractivity contribution is -0.116. The molecule has 2 aliphatic carbocycles. The largest absolute Gasteiger partial charge is 0.315 e. The number of carbonyl (C=O) groups excluding carboxylic acids is 1. The van der Waals surface area contributed by atoms with Crippen LogP contribution in [0.4, 0.5) is 5.00 Å². The van der Waals surface area contributed by atoms with Crippen molar-refractivity contribution < 1.29 is 4.79 Å². The van der Waals surface area contributed by atoms with E-state index in [1.165, 1.54) is 21.1 Å². The molecule has 0 spiro atoms. The third kappa shape index (κ3) is 3.78. The predicted octanol–water partition coefficient (Wildman–Crippen LogP) is 3.99. The van der Waals surface area contributed by atoms with E-state index in [4.69, 9.17) is 4.98 Å². The topological polar surface area (TPSA) is 91.0 Å². The van der Waals surface area contributed by atoms with Crippen LogP contribution in [0.2, 0.25) is 0 Å². The molecule has 0 aromatic carbocycles. The number of fused-ring (bicyclic) bond motifs is 4. The van der Waals surface area contributed by atoms with Crippen molar-refractivity contribution in [2.24, 2.45) is 0 Å². The fraction of sp³-hybridized carbons (Fsp3) is 0.520. The van der Waals surface area contributed by atoms with Gasteiger partial charge in [0.05, 0.1) is 17.5 Å². The summed E-state index contributed by atoms with van der Waals surface area (Å²) >= 11 is 3.16. The van der Waals surface area contributed by atoms with Crippen molar-refractivity contribution in [2.45, 2.75) is 70.9 Å². The van der Waals surface area contributed by atoms with E-state index in [2.05, 4.69) is 16.3 Å². The maximum Gasteiger partial charge on any atom is 0.263 e. The fourth-order valence-electron chi connectivity index (χ4n) is 5.63. The molecule has 0 bridgehead atoms. The van der Waals surface area contributed by atoms with Crippen LogP contribution in [0.5, 0.6) is 0 Å². The third-order valence-electron chi connectivity index (χ3n) is 7.31. The van der Waals surface area contributed by atoms with Gasteiger partial charge < -0.3 is 5.32 Å². The van der Waals surface area contributed by atoms with Crippen LogP contribution in [-0.2, 0) is 43.6 Å². The van der Waals surface area contributed by atoms with E-state index in [0.717, 1.165) is 86.8 Å². The molecular formula is C25H27N5O2S2. The van der Waals surface area contributed by atoms with E-state index < -0.39 is 0 Å². The van der Waals surface area contributed by atoms with Gasteiger partial charge in [-0.25, -0.2) is 4.98 Å². The first-order valence-corrected chi connectivity index (χ1v) is 13.9. The lowest BCUT2D eigenvalue weighted by Crippen LogP contribution is -2.33.